The highest BCUT2D eigenvalue weighted by Gasteiger charge is 2.48. The summed E-state index contributed by atoms with van der Waals surface area (Å²) < 4.78 is 12.0. The number of hydrogen-bond acceptors (Lipinski definition) is 4. The summed E-state index contributed by atoms with van der Waals surface area (Å²) in [6.07, 6.45) is 11.7. The average Bonchev–Trinajstić information content (AvgIpc) is 2.90. The number of ether oxygens (including phenoxy) is 2. The number of carbonyl (C=O) groups excluding carboxylic acids is 2. The first-order chi connectivity index (χ1) is 16.2. The minimum Gasteiger partial charge on any atom is -0.461 e. The van der Waals surface area contributed by atoms with Gasteiger partial charge in [-0.1, -0.05) is 74.9 Å². The van der Waals surface area contributed by atoms with Crippen LogP contribution in [-0.4, -0.2) is 25.2 Å². The zero-order valence-electron chi connectivity index (χ0n) is 19.5. The van der Waals surface area contributed by atoms with Crippen molar-refractivity contribution in [2.45, 2.75) is 64.2 Å². The lowest BCUT2D eigenvalue weighted by molar-refractivity contribution is -0.0804. The number of carbonyl (C=O) groups is 2. The van der Waals surface area contributed by atoms with Gasteiger partial charge in [-0.3, -0.25) is 0 Å². The Balaban J connectivity index is 1.58. The topological polar surface area (TPSA) is 52.6 Å². The highest BCUT2D eigenvalue weighted by molar-refractivity contribution is 5.89. The van der Waals surface area contributed by atoms with Crippen molar-refractivity contribution in [1.82, 2.24) is 0 Å². The molecule has 2 aliphatic rings. The molecule has 4 nitrogen and oxygen atoms in total. The van der Waals surface area contributed by atoms with Gasteiger partial charge < -0.3 is 9.47 Å². The average molecular weight is 449 g/mol. The molecule has 2 aromatic rings. The fourth-order valence-electron chi connectivity index (χ4n) is 5.92. The molecule has 0 radical (unpaired) electrons. The standard InChI is InChI=1S/C29H36O4/c30-27(23-13-5-1-6-14-23)32-21-29(25-17-9-3-10-18-25,26-19-11-4-12-20-26)22-33-28(31)24-15-7-2-8-16-24/h1-2,5-8,13-16,25-26H,3-4,9-12,17-22H2. The van der Waals surface area contributed by atoms with Gasteiger partial charge in [0.15, 0.2) is 0 Å². The van der Waals surface area contributed by atoms with Crippen LogP contribution in [0.25, 0.3) is 0 Å². The predicted octanol–water partition coefficient (Wildman–Crippen LogP) is 6.85. The largest absolute Gasteiger partial charge is 0.461 e. The summed E-state index contributed by atoms with van der Waals surface area (Å²) in [5, 5.41) is 0. The first-order valence-corrected chi connectivity index (χ1v) is 12.6. The smallest absolute Gasteiger partial charge is 0.338 e. The molecule has 0 atom stereocenters. The minimum absolute atomic E-state index is 0.291. The van der Waals surface area contributed by atoms with Gasteiger partial charge in [0.25, 0.3) is 0 Å². The number of rotatable bonds is 8. The molecule has 0 amide bonds. The Labute approximate surface area is 197 Å². The normalized spacial score (nSPS) is 17.9. The Bertz CT molecular complexity index is 805. The zero-order chi connectivity index (χ0) is 22.9. The molecule has 4 rings (SSSR count). The molecule has 0 spiro atoms. The monoisotopic (exact) mass is 448 g/mol. The minimum atomic E-state index is -0.324. The summed E-state index contributed by atoms with van der Waals surface area (Å²) in [6.45, 7) is 0.635. The molecule has 0 bridgehead atoms. The second-order valence-electron chi connectivity index (χ2n) is 9.79. The molecular formula is C29H36O4. The second-order valence-corrected chi connectivity index (χ2v) is 9.79. The van der Waals surface area contributed by atoms with E-state index in [0.29, 0.717) is 36.2 Å². The van der Waals surface area contributed by atoms with Crippen LogP contribution in [0.3, 0.4) is 0 Å². The van der Waals surface area contributed by atoms with E-state index in [9.17, 15) is 9.59 Å². The lowest BCUT2D eigenvalue weighted by Gasteiger charge is -2.48. The first kappa shape index (κ1) is 23.5. The summed E-state index contributed by atoms with van der Waals surface area (Å²) in [5.41, 5.74) is 0.815. The van der Waals surface area contributed by atoms with Crippen molar-refractivity contribution in [2.24, 2.45) is 17.3 Å². The van der Waals surface area contributed by atoms with E-state index in [-0.39, 0.29) is 17.4 Å². The molecule has 2 aromatic carbocycles. The molecule has 0 aromatic heterocycles. The van der Waals surface area contributed by atoms with E-state index < -0.39 is 0 Å². The highest BCUT2D eigenvalue weighted by atomic mass is 16.5. The zero-order valence-corrected chi connectivity index (χ0v) is 19.5. The van der Waals surface area contributed by atoms with Gasteiger partial charge in [0, 0.05) is 5.41 Å². The molecule has 2 aliphatic carbocycles. The van der Waals surface area contributed by atoms with Crippen molar-refractivity contribution < 1.29 is 19.1 Å². The third kappa shape index (κ3) is 5.85. The van der Waals surface area contributed by atoms with Gasteiger partial charge in [0.1, 0.15) is 13.2 Å². The lowest BCUT2D eigenvalue weighted by Crippen LogP contribution is -2.48. The molecule has 0 saturated heterocycles. The predicted molar refractivity (Wildman–Crippen MR) is 129 cm³/mol. The molecule has 4 heteroatoms. The van der Waals surface area contributed by atoms with Crippen LogP contribution in [0.2, 0.25) is 0 Å². The first-order valence-electron chi connectivity index (χ1n) is 12.6. The number of benzene rings is 2. The van der Waals surface area contributed by atoms with Gasteiger partial charge >= 0.3 is 11.9 Å². The van der Waals surface area contributed by atoms with E-state index in [1.165, 1.54) is 38.5 Å². The fraction of sp³-hybridized carbons (Fsp3) is 0.517. The second kappa shape index (κ2) is 11.5. The maximum Gasteiger partial charge on any atom is 0.338 e. The Morgan fingerprint density at radius 1 is 0.606 bits per heavy atom. The molecule has 176 valence electrons. The van der Waals surface area contributed by atoms with E-state index in [1.54, 1.807) is 24.3 Å². The van der Waals surface area contributed by atoms with Crippen molar-refractivity contribution in [2.75, 3.05) is 13.2 Å². The molecule has 2 saturated carbocycles. The molecule has 33 heavy (non-hydrogen) atoms. The molecule has 0 unspecified atom stereocenters. The van der Waals surface area contributed by atoms with Crippen LogP contribution in [0.15, 0.2) is 60.7 Å². The van der Waals surface area contributed by atoms with Crippen LogP contribution in [0.5, 0.6) is 0 Å². The molecule has 2 fully saturated rings. The quantitative estimate of drug-likeness (QED) is 0.415. The highest BCUT2D eigenvalue weighted by Crippen LogP contribution is 2.49. The van der Waals surface area contributed by atoms with Crippen molar-refractivity contribution in [1.29, 1.82) is 0 Å². The van der Waals surface area contributed by atoms with Crippen LogP contribution in [-0.2, 0) is 9.47 Å². The third-order valence-corrected chi connectivity index (χ3v) is 7.80. The summed E-state index contributed by atoms with van der Waals surface area (Å²) in [7, 11) is 0. The number of esters is 2. The van der Waals surface area contributed by atoms with Gasteiger partial charge in [-0.15, -0.1) is 0 Å². The van der Waals surface area contributed by atoms with E-state index in [4.69, 9.17) is 9.47 Å². The Kier molecular flexibility index (Phi) is 8.20. The fourth-order valence-corrected chi connectivity index (χ4v) is 5.92. The summed E-state index contributed by atoms with van der Waals surface area (Å²) in [5.74, 6) is 0.227. The number of hydrogen-bond donors (Lipinski definition) is 0. The SMILES string of the molecule is O=C(OCC(COC(=O)c1ccccc1)(C1CCCCC1)C1CCCCC1)c1ccccc1. The van der Waals surface area contributed by atoms with Crippen LogP contribution in [0, 0.1) is 17.3 Å². The lowest BCUT2D eigenvalue weighted by atomic mass is 9.59. The summed E-state index contributed by atoms with van der Waals surface area (Å²) in [6, 6.07) is 18.4. The van der Waals surface area contributed by atoms with Crippen LogP contribution in [0.4, 0.5) is 0 Å². The van der Waals surface area contributed by atoms with E-state index in [0.717, 1.165) is 25.7 Å². The Morgan fingerprint density at radius 3 is 1.33 bits per heavy atom. The van der Waals surface area contributed by atoms with Crippen molar-refractivity contribution >= 4 is 11.9 Å². The Morgan fingerprint density at radius 2 is 0.970 bits per heavy atom. The summed E-state index contributed by atoms with van der Waals surface area (Å²) >= 11 is 0. The van der Waals surface area contributed by atoms with Crippen LogP contribution >= 0.6 is 0 Å². The molecular weight excluding hydrogens is 412 g/mol. The molecule has 0 N–H and O–H groups in total. The van der Waals surface area contributed by atoms with Crippen LogP contribution in [0.1, 0.15) is 84.9 Å². The summed E-state index contributed by atoms with van der Waals surface area (Å²) in [4.78, 5) is 25.8. The van der Waals surface area contributed by atoms with Crippen molar-refractivity contribution in [3.63, 3.8) is 0 Å². The molecule has 0 aliphatic heterocycles. The maximum atomic E-state index is 12.9. The maximum absolute atomic E-state index is 12.9. The van der Waals surface area contributed by atoms with Gasteiger partial charge in [-0.25, -0.2) is 9.59 Å². The van der Waals surface area contributed by atoms with Gasteiger partial charge in [0.05, 0.1) is 11.1 Å². The van der Waals surface area contributed by atoms with Gasteiger partial charge in [0.2, 0.25) is 0 Å². The third-order valence-electron chi connectivity index (χ3n) is 7.80. The van der Waals surface area contributed by atoms with Crippen LogP contribution < -0.4 is 0 Å². The van der Waals surface area contributed by atoms with Gasteiger partial charge in [-0.2, -0.15) is 0 Å². The van der Waals surface area contributed by atoms with Crippen molar-refractivity contribution in [3.8, 4) is 0 Å². The molecule has 0 heterocycles. The van der Waals surface area contributed by atoms with Crippen molar-refractivity contribution in [3.05, 3.63) is 71.8 Å². The van der Waals surface area contributed by atoms with E-state index in [2.05, 4.69) is 0 Å². The van der Waals surface area contributed by atoms with Gasteiger partial charge in [-0.05, 0) is 61.8 Å². The van der Waals surface area contributed by atoms with E-state index in [1.807, 2.05) is 36.4 Å². The van der Waals surface area contributed by atoms with E-state index >= 15 is 0 Å². The Hall–Kier alpha value is -2.62.